The van der Waals surface area contributed by atoms with Crippen molar-refractivity contribution in [3.8, 4) is 0 Å². The fraction of sp³-hybridized carbons (Fsp3) is 0.268. The molecule has 3 aliphatic rings. The zero-order valence-corrected chi connectivity index (χ0v) is 33.7. The van der Waals surface area contributed by atoms with E-state index in [1.807, 2.05) is 0 Å². The highest BCUT2D eigenvalue weighted by atomic mass is 35.5. The van der Waals surface area contributed by atoms with Gasteiger partial charge in [0.25, 0.3) is 23.6 Å². The van der Waals surface area contributed by atoms with Gasteiger partial charge in [0, 0.05) is 63.4 Å². The average Bonchev–Trinajstić information content (AvgIpc) is 3.74. The Bertz CT molecular complexity index is 2560. The first-order chi connectivity index (χ1) is 27.6. The Morgan fingerprint density at radius 2 is 1.60 bits per heavy atom. The maximum Gasteiger partial charge on any atom is 0.262 e. The molecule has 0 radical (unpaired) electrons. The van der Waals surface area contributed by atoms with E-state index in [-0.39, 0.29) is 56.0 Å². The summed E-state index contributed by atoms with van der Waals surface area (Å²) in [6.45, 7) is 4.52. The Balaban J connectivity index is 0.923. The lowest BCUT2D eigenvalue weighted by molar-refractivity contribution is -0.136. The predicted octanol–water partition coefficient (Wildman–Crippen LogP) is 5.82. The molecule has 17 heteroatoms. The van der Waals surface area contributed by atoms with Crippen LogP contribution in [0.2, 0.25) is 10.0 Å². The number of hydrogen-bond acceptors (Lipinski definition) is 9. The molecule has 1 fully saturated rings. The van der Waals surface area contributed by atoms with Crippen LogP contribution in [0.3, 0.4) is 0 Å². The molecule has 1 unspecified atom stereocenters. The fourth-order valence-corrected chi connectivity index (χ4v) is 9.50. The monoisotopic (exact) mass is 844 g/mol. The maximum atomic E-state index is 13.4. The highest BCUT2D eigenvalue weighted by Crippen LogP contribution is 2.37. The second kappa shape index (κ2) is 16.2. The van der Waals surface area contributed by atoms with Gasteiger partial charge in [-0.2, -0.15) is 0 Å². The number of aromatic amines is 1. The highest BCUT2D eigenvalue weighted by Gasteiger charge is 2.44. The molecule has 1 atom stereocenters. The minimum absolute atomic E-state index is 0.00243. The number of hydrogen-bond donors (Lipinski definition) is 5. The summed E-state index contributed by atoms with van der Waals surface area (Å²) in [5.41, 5.74) is 4.64. The van der Waals surface area contributed by atoms with Gasteiger partial charge >= 0.3 is 0 Å². The molecule has 1 aromatic heterocycles. The Kier molecular flexibility index (Phi) is 11.3. The van der Waals surface area contributed by atoms with Crippen LogP contribution in [0.5, 0.6) is 0 Å². The molecule has 300 valence electrons. The van der Waals surface area contributed by atoms with Gasteiger partial charge in [-0.1, -0.05) is 29.3 Å². The lowest BCUT2D eigenvalue weighted by Crippen LogP contribution is -2.54. The lowest BCUT2D eigenvalue weighted by atomic mass is 10.0. The van der Waals surface area contributed by atoms with Crippen LogP contribution in [-0.4, -0.2) is 72.9 Å². The largest absolute Gasteiger partial charge is 0.385 e. The van der Waals surface area contributed by atoms with Gasteiger partial charge in [-0.15, -0.1) is 0 Å². The van der Waals surface area contributed by atoms with Crippen LogP contribution in [0.4, 0.5) is 11.4 Å². The van der Waals surface area contributed by atoms with Gasteiger partial charge in [-0.05, 0) is 99.7 Å². The van der Waals surface area contributed by atoms with Crippen LogP contribution in [-0.2, 0) is 30.0 Å². The van der Waals surface area contributed by atoms with Crippen LogP contribution >= 0.6 is 23.2 Å². The number of carbonyl (C=O) groups is 6. The van der Waals surface area contributed by atoms with E-state index in [4.69, 9.17) is 23.2 Å². The maximum absolute atomic E-state index is 13.4. The van der Waals surface area contributed by atoms with Crippen molar-refractivity contribution >= 4 is 91.5 Å². The van der Waals surface area contributed by atoms with Gasteiger partial charge < -0.3 is 20.9 Å². The van der Waals surface area contributed by atoms with E-state index in [9.17, 15) is 37.2 Å². The molecule has 1 saturated heterocycles. The van der Waals surface area contributed by atoms with Crippen LogP contribution < -0.4 is 21.3 Å². The number of benzene rings is 3. The minimum atomic E-state index is -3.90. The summed E-state index contributed by atoms with van der Waals surface area (Å²) < 4.78 is 26.9. The van der Waals surface area contributed by atoms with Crippen LogP contribution in [0.15, 0.2) is 59.5 Å². The van der Waals surface area contributed by atoms with Crippen molar-refractivity contribution in [2.24, 2.45) is 0 Å². The number of amides is 6. The quantitative estimate of drug-likeness (QED) is 0.0625. The van der Waals surface area contributed by atoms with Crippen LogP contribution in [0.25, 0.3) is 11.6 Å². The van der Waals surface area contributed by atoms with Gasteiger partial charge in [-0.25, -0.2) is 8.42 Å². The fourth-order valence-electron chi connectivity index (χ4n) is 7.38. The second-order valence-electron chi connectivity index (χ2n) is 14.3. The molecule has 4 heterocycles. The molecule has 0 saturated carbocycles. The zero-order valence-electron chi connectivity index (χ0n) is 31.4. The third-order valence-corrected chi connectivity index (χ3v) is 12.8. The van der Waals surface area contributed by atoms with Gasteiger partial charge in [-0.3, -0.25) is 39.0 Å². The number of rotatable bonds is 13. The van der Waals surface area contributed by atoms with E-state index in [1.54, 1.807) is 56.3 Å². The molecule has 5 N–H and O–H groups in total. The van der Waals surface area contributed by atoms with Crippen LogP contribution in [0.1, 0.15) is 91.3 Å². The first kappa shape index (κ1) is 40.4. The molecule has 14 nitrogen and oxygen atoms in total. The van der Waals surface area contributed by atoms with E-state index < -0.39 is 51.2 Å². The zero-order chi connectivity index (χ0) is 41.5. The number of anilines is 2. The Morgan fingerprint density at radius 1 is 0.879 bits per heavy atom. The number of aromatic nitrogens is 1. The van der Waals surface area contributed by atoms with Crippen molar-refractivity contribution in [1.82, 2.24) is 20.5 Å². The standard InChI is InChI=1S/C41H38Cl2N6O8S/c1-21-33(19-27-26-18-24(10-12-32(26)47-37(27)51)58(56,57)20-29-30(42)7-6-8-31(29)43)46-22(2)36(21)39(53)45-16-5-3-4-15-44-23-9-11-25-28(17-23)41(55)49(40(25)54)34-13-14-35(50)48-38(34)52/h6-12,17-19,34,44,46H,3-5,13-16,20H2,1-2H3,(H,45,53)(H,47,51)(H,48,50,52)/b27-19-. The van der Waals surface area contributed by atoms with Crippen molar-refractivity contribution in [2.75, 3.05) is 23.7 Å². The van der Waals surface area contributed by atoms with Gasteiger partial charge in [0.15, 0.2) is 9.84 Å². The third-order valence-electron chi connectivity index (χ3n) is 10.4. The van der Waals surface area contributed by atoms with Crippen LogP contribution in [0, 0.1) is 13.8 Å². The predicted molar refractivity (Wildman–Crippen MR) is 218 cm³/mol. The molecular weight excluding hydrogens is 807 g/mol. The van der Waals surface area contributed by atoms with E-state index in [1.165, 1.54) is 18.2 Å². The number of aryl methyl sites for hydroxylation is 1. The lowest BCUT2D eigenvalue weighted by Gasteiger charge is -2.27. The van der Waals surface area contributed by atoms with Crippen molar-refractivity contribution in [1.29, 1.82) is 0 Å². The number of nitrogens with zero attached hydrogens (tertiary/aromatic N) is 1. The minimum Gasteiger partial charge on any atom is -0.385 e. The van der Waals surface area contributed by atoms with Crippen molar-refractivity contribution in [3.63, 3.8) is 0 Å². The van der Waals surface area contributed by atoms with Gasteiger partial charge in [0.05, 0.1) is 32.9 Å². The van der Waals surface area contributed by atoms with E-state index in [0.29, 0.717) is 59.0 Å². The van der Waals surface area contributed by atoms with Crippen molar-refractivity contribution in [2.45, 2.75) is 62.6 Å². The number of halogens is 2. The SMILES string of the molecule is Cc1[nH]c(/C=C2\C(=O)Nc3ccc(S(=O)(=O)Cc4c(Cl)cccc4Cl)cc32)c(C)c1C(=O)NCCCCCNc1ccc2c(c1)C(=O)N(C1CCC(=O)NC1=O)C2=O. The number of nitrogens with one attached hydrogen (secondary N) is 5. The molecule has 6 amide bonds. The van der Waals surface area contributed by atoms with Gasteiger partial charge in [0.2, 0.25) is 11.8 Å². The molecule has 3 aromatic carbocycles. The normalized spacial score (nSPS) is 17.0. The van der Waals surface area contributed by atoms with E-state index in [0.717, 1.165) is 17.7 Å². The smallest absolute Gasteiger partial charge is 0.262 e. The third kappa shape index (κ3) is 7.89. The summed E-state index contributed by atoms with van der Waals surface area (Å²) >= 11 is 12.5. The highest BCUT2D eigenvalue weighted by molar-refractivity contribution is 7.90. The summed E-state index contributed by atoms with van der Waals surface area (Å²) in [4.78, 5) is 80.4. The first-order valence-corrected chi connectivity index (χ1v) is 21.0. The molecule has 0 bridgehead atoms. The molecule has 3 aliphatic heterocycles. The summed E-state index contributed by atoms with van der Waals surface area (Å²) in [6, 6.07) is 13.0. The number of H-pyrrole nitrogens is 1. The number of fused-ring (bicyclic) bond motifs is 2. The summed E-state index contributed by atoms with van der Waals surface area (Å²) in [5, 5.41) is 11.6. The molecule has 7 rings (SSSR count). The van der Waals surface area contributed by atoms with E-state index in [2.05, 4.69) is 26.3 Å². The Labute approximate surface area is 343 Å². The average molecular weight is 846 g/mol. The van der Waals surface area contributed by atoms with Gasteiger partial charge in [0.1, 0.15) is 6.04 Å². The molecular formula is C41H38Cl2N6O8S. The second-order valence-corrected chi connectivity index (χ2v) is 17.1. The molecule has 58 heavy (non-hydrogen) atoms. The Morgan fingerprint density at radius 3 is 2.34 bits per heavy atom. The van der Waals surface area contributed by atoms with E-state index >= 15 is 0 Å². The number of imide groups is 2. The summed E-state index contributed by atoms with van der Waals surface area (Å²) in [7, 11) is -3.90. The topological polar surface area (TPSA) is 204 Å². The summed E-state index contributed by atoms with van der Waals surface area (Å²) in [6.07, 6.45) is 3.96. The number of sulfone groups is 1. The Hall–Kier alpha value is -5.77. The number of carbonyl (C=O) groups excluding carboxylic acids is 6. The van der Waals surface area contributed by atoms with Crippen molar-refractivity contribution < 1.29 is 37.2 Å². The molecule has 0 aliphatic carbocycles. The summed E-state index contributed by atoms with van der Waals surface area (Å²) in [5.74, 6) is -3.34. The number of unbranched alkanes of at least 4 members (excludes halogenated alkanes) is 2. The van der Waals surface area contributed by atoms with Crippen molar-refractivity contribution in [3.05, 3.63) is 109 Å². The number of piperidine rings is 1. The first-order valence-electron chi connectivity index (χ1n) is 18.5. The molecule has 4 aromatic rings. The molecule has 0 spiro atoms.